The van der Waals surface area contributed by atoms with E-state index in [0.717, 1.165) is 22.8 Å². The second kappa shape index (κ2) is 4.08. The van der Waals surface area contributed by atoms with Crippen LogP contribution in [0.3, 0.4) is 0 Å². The second-order valence-corrected chi connectivity index (χ2v) is 5.98. The average molecular weight is 238 g/mol. The van der Waals surface area contributed by atoms with Gasteiger partial charge in [-0.05, 0) is 30.9 Å². The first-order valence-corrected chi connectivity index (χ1v) is 6.19. The molecule has 3 heteroatoms. The van der Waals surface area contributed by atoms with Crippen molar-refractivity contribution >= 4 is 23.4 Å². The van der Waals surface area contributed by atoms with Gasteiger partial charge in [0.1, 0.15) is 4.75 Å². The van der Waals surface area contributed by atoms with Crippen LogP contribution >= 0.6 is 23.4 Å². The maximum atomic E-state index is 9.19. The summed E-state index contributed by atoms with van der Waals surface area (Å²) in [6.07, 6.45) is 1.94. The molecule has 1 aliphatic carbocycles. The third-order valence-electron chi connectivity index (χ3n) is 2.70. The minimum Gasteiger partial charge on any atom is -0.197 e. The molecule has 2 rings (SSSR count). The number of halogens is 1. The van der Waals surface area contributed by atoms with Crippen LogP contribution in [-0.2, 0) is 0 Å². The molecule has 0 aliphatic heterocycles. The van der Waals surface area contributed by atoms with Crippen LogP contribution in [0.1, 0.15) is 19.8 Å². The first kappa shape index (κ1) is 10.9. The molecular weight excluding hydrogens is 226 g/mol. The van der Waals surface area contributed by atoms with Crippen molar-refractivity contribution in [1.82, 2.24) is 0 Å². The fourth-order valence-electron chi connectivity index (χ4n) is 2.00. The van der Waals surface area contributed by atoms with Crippen LogP contribution in [0, 0.1) is 17.2 Å². The van der Waals surface area contributed by atoms with Crippen molar-refractivity contribution in [1.29, 1.82) is 5.26 Å². The molecule has 0 N–H and O–H groups in total. The zero-order valence-corrected chi connectivity index (χ0v) is 10.1. The van der Waals surface area contributed by atoms with E-state index >= 15 is 0 Å². The number of rotatable bonds is 2. The fraction of sp³-hybridized carbons (Fsp3) is 0.417. The lowest BCUT2D eigenvalue weighted by Crippen LogP contribution is -2.37. The molecule has 1 aliphatic rings. The Balaban J connectivity index is 2.16. The molecule has 1 aromatic carbocycles. The fourth-order valence-corrected chi connectivity index (χ4v) is 3.77. The van der Waals surface area contributed by atoms with Crippen molar-refractivity contribution in [3.05, 3.63) is 29.3 Å². The largest absolute Gasteiger partial charge is 0.197 e. The molecule has 0 spiro atoms. The molecular formula is C12H12ClNS. The SMILES string of the molecule is CC1CC(C#N)(Sc2ccccc2Cl)C1. The molecule has 78 valence electrons. The first-order chi connectivity index (χ1) is 7.15. The van der Waals surface area contributed by atoms with Gasteiger partial charge in [0, 0.05) is 4.90 Å². The van der Waals surface area contributed by atoms with Crippen LogP contribution in [0.4, 0.5) is 0 Å². The normalized spacial score (nSPS) is 29.3. The Bertz CT molecular complexity index is 404. The summed E-state index contributed by atoms with van der Waals surface area (Å²) >= 11 is 7.69. The number of hydrogen-bond acceptors (Lipinski definition) is 2. The van der Waals surface area contributed by atoms with E-state index in [1.54, 1.807) is 11.8 Å². The number of nitriles is 1. The molecule has 0 atom stereocenters. The van der Waals surface area contributed by atoms with E-state index < -0.39 is 0 Å². The minimum atomic E-state index is -0.232. The maximum Gasteiger partial charge on any atom is 0.108 e. The summed E-state index contributed by atoms with van der Waals surface area (Å²) in [6, 6.07) is 10.1. The zero-order valence-electron chi connectivity index (χ0n) is 8.53. The monoisotopic (exact) mass is 237 g/mol. The molecule has 1 fully saturated rings. The van der Waals surface area contributed by atoms with Crippen LogP contribution in [0.25, 0.3) is 0 Å². The Kier molecular flexibility index (Phi) is 2.95. The number of nitrogens with zero attached hydrogens (tertiary/aromatic N) is 1. The standard InChI is InChI=1S/C12H12ClNS/c1-9-6-12(7-9,8-14)15-11-5-3-2-4-10(11)13/h2-5,9H,6-7H2,1H3. The highest BCUT2D eigenvalue weighted by molar-refractivity contribution is 8.01. The highest BCUT2D eigenvalue weighted by Gasteiger charge is 2.43. The summed E-state index contributed by atoms with van der Waals surface area (Å²) in [5.74, 6) is 0.666. The van der Waals surface area contributed by atoms with E-state index in [4.69, 9.17) is 11.6 Å². The van der Waals surface area contributed by atoms with Gasteiger partial charge in [-0.2, -0.15) is 5.26 Å². The Labute approximate surface area is 99.4 Å². The predicted octanol–water partition coefficient (Wildman–Crippen LogP) is 4.12. The van der Waals surface area contributed by atoms with E-state index in [1.807, 2.05) is 24.3 Å². The third kappa shape index (κ3) is 2.14. The van der Waals surface area contributed by atoms with Crippen LogP contribution in [-0.4, -0.2) is 4.75 Å². The molecule has 0 unspecified atom stereocenters. The molecule has 1 aromatic rings. The van der Waals surface area contributed by atoms with Crippen molar-refractivity contribution in [2.24, 2.45) is 5.92 Å². The van der Waals surface area contributed by atoms with Gasteiger partial charge >= 0.3 is 0 Å². The van der Waals surface area contributed by atoms with Crippen LogP contribution in [0.2, 0.25) is 5.02 Å². The van der Waals surface area contributed by atoms with Gasteiger partial charge in [0.25, 0.3) is 0 Å². The van der Waals surface area contributed by atoms with Crippen molar-refractivity contribution in [2.45, 2.75) is 29.4 Å². The lowest BCUT2D eigenvalue weighted by Gasteiger charge is -2.40. The highest BCUT2D eigenvalue weighted by atomic mass is 35.5. The van der Waals surface area contributed by atoms with E-state index in [2.05, 4.69) is 13.0 Å². The zero-order chi connectivity index (χ0) is 10.9. The summed E-state index contributed by atoms with van der Waals surface area (Å²) in [4.78, 5) is 1.02. The molecule has 0 amide bonds. The van der Waals surface area contributed by atoms with E-state index in [0.29, 0.717) is 5.92 Å². The summed E-state index contributed by atoms with van der Waals surface area (Å²) in [5.41, 5.74) is 0. The molecule has 0 radical (unpaired) electrons. The topological polar surface area (TPSA) is 23.8 Å². The van der Waals surface area contributed by atoms with Gasteiger partial charge in [0.05, 0.1) is 11.1 Å². The average Bonchev–Trinajstić information content (AvgIpc) is 2.18. The Morgan fingerprint density at radius 2 is 2.13 bits per heavy atom. The van der Waals surface area contributed by atoms with E-state index in [1.165, 1.54) is 0 Å². The predicted molar refractivity (Wildman–Crippen MR) is 64.1 cm³/mol. The molecule has 0 saturated heterocycles. The van der Waals surface area contributed by atoms with E-state index in [9.17, 15) is 5.26 Å². The van der Waals surface area contributed by atoms with Crippen LogP contribution < -0.4 is 0 Å². The highest BCUT2D eigenvalue weighted by Crippen LogP contribution is 2.51. The van der Waals surface area contributed by atoms with Gasteiger partial charge in [0.2, 0.25) is 0 Å². The molecule has 15 heavy (non-hydrogen) atoms. The molecule has 0 heterocycles. The van der Waals surface area contributed by atoms with Gasteiger partial charge in [0.15, 0.2) is 0 Å². The van der Waals surface area contributed by atoms with Gasteiger partial charge in [-0.3, -0.25) is 0 Å². The van der Waals surface area contributed by atoms with Crippen molar-refractivity contribution < 1.29 is 0 Å². The first-order valence-electron chi connectivity index (χ1n) is 5.00. The Morgan fingerprint density at radius 3 is 2.67 bits per heavy atom. The van der Waals surface area contributed by atoms with Gasteiger partial charge in [-0.25, -0.2) is 0 Å². The van der Waals surface area contributed by atoms with Crippen molar-refractivity contribution in [3.8, 4) is 6.07 Å². The van der Waals surface area contributed by atoms with Crippen LogP contribution in [0.15, 0.2) is 29.2 Å². The number of hydrogen-bond donors (Lipinski definition) is 0. The molecule has 1 saturated carbocycles. The molecule has 0 aromatic heterocycles. The summed E-state index contributed by atoms with van der Waals surface area (Å²) < 4.78 is -0.232. The number of thioether (sulfide) groups is 1. The van der Waals surface area contributed by atoms with Crippen molar-refractivity contribution in [2.75, 3.05) is 0 Å². The maximum absolute atomic E-state index is 9.19. The summed E-state index contributed by atoms with van der Waals surface area (Å²) in [7, 11) is 0. The summed E-state index contributed by atoms with van der Waals surface area (Å²) in [6.45, 7) is 2.18. The molecule has 1 nitrogen and oxygen atoms in total. The minimum absolute atomic E-state index is 0.232. The Hall–Kier alpha value is -0.650. The van der Waals surface area contributed by atoms with E-state index in [-0.39, 0.29) is 4.75 Å². The lowest BCUT2D eigenvalue weighted by atomic mass is 9.76. The van der Waals surface area contributed by atoms with Gasteiger partial charge < -0.3 is 0 Å². The lowest BCUT2D eigenvalue weighted by molar-refractivity contribution is 0.303. The Morgan fingerprint density at radius 1 is 1.47 bits per heavy atom. The molecule has 0 bridgehead atoms. The van der Waals surface area contributed by atoms with Crippen molar-refractivity contribution in [3.63, 3.8) is 0 Å². The van der Waals surface area contributed by atoms with Gasteiger partial charge in [-0.15, -0.1) is 11.8 Å². The quantitative estimate of drug-likeness (QED) is 0.773. The smallest absolute Gasteiger partial charge is 0.108 e. The van der Waals surface area contributed by atoms with Crippen LogP contribution in [0.5, 0.6) is 0 Å². The number of benzene rings is 1. The third-order valence-corrected chi connectivity index (χ3v) is 4.54. The summed E-state index contributed by atoms with van der Waals surface area (Å²) in [5, 5.41) is 9.94. The second-order valence-electron chi connectivity index (χ2n) is 4.15. The van der Waals surface area contributed by atoms with Gasteiger partial charge in [-0.1, -0.05) is 30.7 Å².